The summed E-state index contributed by atoms with van der Waals surface area (Å²) in [6.07, 6.45) is -2.15. The number of nitrogens with zero attached hydrogens (tertiary/aromatic N) is 3. The molecule has 3 aromatic rings. The van der Waals surface area contributed by atoms with Gasteiger partial charge in [0.15, 0.2) is 5.82 Å². The minimum atomic E-state index is -3.83. The van der Waals surface area contributed by atoms with Crippen LogP contribution in [0.3, 0.4) is 0 Å². The zero-order valence-electron chi connectivity index (χ0n) is 18.5. The van der Waals surface area contributed by atoms with E-state index in [1.54, 1.807) is 44.4 Å². The quantitative estimate of drug-likeness (QED) is 0.315. The van der Waals surface area contributed by atoms with Crippen molar-refractivity contribution in [1.82, 2.24) is 14.8 Å². The topological polar surface area (TPSA) is 75.5 Å². The average Bonchev–Trinajstić information content (AvgIpc) is 3.18. The number of methoxy groups -OCH3 is 1. The highest BCUT2D eigenvalue weighted by atomic mass is 35.5. The Morgan fingerprint density at radius 3 is 2.68 bits per heavy atom. The molecule has 0 saturated carbocycles. The summed E-state index contributed by atoms with van der Waals surface area (Å²) < 4.78 is 46.7. The van der Waals surface area contributed by atoms with Gasteiger partial charge < -0.3 is 14.2 Å². The third-order valence-corrected chi connectivity index (χ3v) is 5.93. The summed E-state index contributed by atoms with van der Waals surface area (Å²) in [5, 5.41) is 4.10. The van der Waals surface area contributed by atoms with Crippen molar-refractivity contribution in [2.45, 2.75) is 37.9 Å². The second-order valence-electron chi connectivity index (χ2n) is 7.61. The Kier molecular flexibility index (Phi) is 6.80. The molecule has 2 aromatic carbocycles. The molecule has 0 radical (unpaired) electrons. The zero-order chi connectivity index (χ0) is 24.6. The number of hydrogen-bond donors (Lipinski definition) is 0. The first kappa shape index (κ1) is 24.4. The molecule has 0 fully saturated rings. The minimum absolute atomic E-state index is 0.00463. The maximum Gasteiger partial charge on any atom is 0.382 e. The molecule has 34 heavy (non-hydrogen) atoms. The van der Waals surface area contributed by atoms with Crippen LogP contribution in [-0.4, -0.2) is 34.5 Å². The van der Waals surface area contributed by atoms with Gasteiger partial charge in [-0.3, -0.25) is 9.36 Å². The van der Waals surface area contributed by atoms with Gasteiger partial charge >= 0.3 is 11.4 Å². The van der Waals surface area contributed by atoms with E-state index in [-0.39, 0.29) is 18.9 Å². The van der Waals surface area contributed by atoms with Gasteiger partial charge in [0.1, 0.15) is 18.0 Å². The van der Waals surface area contributed by atoms with Crippen LogP contribution in [0.2, 0.25) is 5.02 Å². The van der Waals surface area contributed by atoms with Crippen LogP contribution in [0.15, 0.2) is 36.4 Å². The zero-order valence-corrected chi connectivity index (χ0v) is 20.0. The van der Waals surface area contributed by atoms with Crippen LogP contribution in [0.1, 0.15) is 53.9 Å². The SMILES string of the molecule is CCOC(=O)C[C@H]1O[C@H](c2cccc(OC)c2C)c2cc(Cl)ccc2-n2c1nnc2C(F)(F)Cl. The summed E-state index contributed by atoms with van der Waals surface area (Å²) >= 11 is 11.7. The number of benzene rings is 2. The Morgan fingerprint density at radius 1 is 1.24 bits per heavy atom. The minimum Gasteiger partial charge on any atom is -0.496 e. The van der Waals surface area contributed by atoms with E-state index >= 15 is 0 Å². The molecule has 1 aromatic heterocycles. The molecule has 0 aliphatic carbocycles. The number of halogens is 4. The first-order valence-electron chi connectivity index (χ1n) is 10.4. The van der Waals surface area contributed by atoms with Crippen LogP contribution in [0.25, 0.3) is 5.69 Å². The van der Waals surface area contributed by atoms with Gasteiger partial charge in [-0.2, -0.15) is 8.78 Å². The fourth-order valence-corrected chi connectivity index (χ4v) is 4.35. The second-order valence-corrected chi connectivity index (χ2v) is 8.52. The average molecular weight is 512 g/mol. The standard InChI is InChI=1S/C23H21Cl2F2N3O4/c1-4-33-19(31)11-18-21-28-29-22(23(25,26)27)30(21)16-9-8-13(24)10-15(16)20(34-18)14-6-5-7-17(32-3)12(14)2/h5-10,18,20H,4,11H2,1-3H3/t18-,20-/m1/s1. The van der Waals surface area contributed by atoms with E-state index in [4.69, 9.17) is 37.4 Å². The van der Waals surface area contributed by atoms with Gasteiger partial charge in [0, 0.05) is 10.6 Å². The number of carbonyl (C=O) groups is 1. The Morgan fingerprint density at radius 2 is 2.00 bits per heavy atom. The lowest BCUT2D eigenvalue weighted by molar-refractivity contribution is -0.147. The summed E-state index contributed by atoms with van der Waals surface area (Å²) in [6.45, 7) is 3.67. The van der Waals surface area contributed by atoms with Gasteiger partial charge in [-0.05, 0) is 60.8 Å². The molecule has 1 aliphatic rings. The van der Waals surface area contributed by atoms with E-state index in [0.29, 0.717) is 27.6 Å². The van der Waals surface area contributed by atoms with Crippen LogP contribution in [0, 0.1) is 6.92 Å². The number of fused-ring (bicyclic) bond motifs is 3. The van der Waals surface area contributed by atoms with Crippen molar-refractivity contribution in [3.8, 4) is 11.4 Å². The highest BCUT2D eigenvalue weighted by molar-refractivity contribution is 6.30. The van der Waals surface area contributed by atoms with Gasteiger partial charge in [-0.15, -0.1) is 10.2 Å². The maximum absolute atomic E-state index is 14.3. The highest BCUT2D eigenvalue weighted by Gasteiger charge is 2.42. The number of rotatable bonds is 6. The highest BCUT2D eigenvalue weighted by Crippen LogP contribution is 2.45. The Bertz CT molecular complexity index is 1230. The summed E-state index contributed by atoms with van der Waals surface area (Å²) in [4.78, 5) is 12.4. The van der Waals surface area contributed by atoms with Crippen LogP contribution in [-0.2, 0) is 19.6 Å². The normalized spacial score (nSPS) is 17.5. The third-order valence-electron chi connectivity index (χ3n) is 5.53. The molecule has 180 valence electrons. The predicted octanol–water partition coefficient (Wildman–Crippen LogP) is 5.64. The van der Waals surface area contributed by atoms with Crippen molar-refractivity contribution < 1.29 is 27.8 Å². The predicted molar refractivity (Wildman–Crippen MR) is 121 cm³/mol. The summed E-state index contributed by atoms with van der Waals surface area (Å²) in [5.74, 6) is -0.766. The number of hydrogen-bond acceptors (Lipinski definition) is 6. The lowest BCUT2D eigenvalue weighted by Crippen LogP contribution is -2.18. The van der Waals surface area contributed by atoms with Crippen molar-refractivity contribution in [2.75, 3.05) is 13.7 Å². The van der Waals surface area contributed by atoms with Crippen LogP contribution in [0.4, 0.5) is 8.78 Å². The number of alkyl halides is 3. The first-order valence-corrected chi connectivity index (χ1v) is 11.2. The van der Waals surface area contributed by atoms with Crippen molar-refractivity contribution in [2.24, 2.45) is 0 Å². The molecular formula is C23H21Cl2F2N3O4. The van der Waals surface area contributed by atoms with E-state index in [1.165, 1.54) is 0 Å². The molecule has 2 heterocycles. The molecule has 0 bridgehead atoms. The van der Waals surface area contributed by atoms with Crippen LogP contribution < -0.4 is 4.74 Å². The summed E-state index contributed by atoms with van der Waals surface area (Å²) in [7, 11) is 1.55. The smallest absolute Gasteiger partial charge is 0.382 e. The summed E-state index contributed by atoms with van der Waals surface area (Å²) in [5.41, 5.74) is 2.25. The van der Waals surface area contributed by atoms with Crippen LogP contribution >= 0.6 is 23.2 Å². The summed E-state index contributed by atoms with van der Waals surface area (Å²) in [6, 6.07) is 10.2. The van der Waals surface area contributed by atoms with Gasteiger partial charge in [0.2, 0.25) is 5.82 Å². The van der Waals surface area contributed by atoms with E-state index in [1.807, 2.05) is 13.0 Å². The Hall–Kier alpha value is -2.75. The molecule has 0 saturated heterocycles. The van der Waals surface area contributed by atoms with Gasteiger partial charge in [0.05, 0.1) is 25.8 Å². The number of ether oxygens (including phenoxy) is 3. The first-order chi connectivity index (χ1) is 16.2. The second kappa shape index (κ2) is 9.48. The molecule has 0 N–H and O–H groups in total. The Labute approximate surface area is 204 Å². The van der Waals surface area contributed by atoms with Gasteiger partial charge in [-0.25, -0.2) is 0 Å². The van der Waals surface area contributed by atoms with Crippen molar-refractivity contribution in [1.29, 1.82) is 0 Å². The molecule has 7 nitrogen and oxygen atoms in total. The maximum atomic E-state index is 14.3. The fourth-order valence-electron chi connectivity index (χ4n) is 4.05. The molecule has 0 unspecified atom stereocenters. The van der Waals surface area contributed by atoms with Gasteiger partial charge in [0.25, 0.3) is 0 Å². The number of aromatic nitrogens is 3. The van der Waals surface area contributed by atoms with E-state index in [2.05, 4.69) is 10.2 Å². The largest absolute Gasteiger partial charge is 0.496 e. The lowest BCUT2D eigenvalue weighted by atomic mass is 9.95. The van der Waals surface area contributed by atoms with E-state index < -0.39 is 29.4 Å². The number of carbonyl (C=O) groups excluding carboxylic acids is 1. The monoisotopic (exact) mass is 511 g/mol. The van der Waals surface area contributed by atoms with Crippen LogP contribution in [0.5, 0.6) is 5.75 Å². The van der Waals surface area contributed by atoms with Gasteiger partial charge in [-0.1, -0.05) is 23.7 Å². The molecule has 11 heteroatoms. The van der Waals surface area contributed by atoms with Crippen molar-refractivity contribution >= 4 is 29.2 Å². The van der Waals surface area contributed by atoms with E-state index in [9.17, 15) is 13.6 Å². The third kappa shape index (κ3) is 4.47. The van der Waals surface area contributed by atoms with Crippen molar-refractivity contribution in [3.05, 3.63) is 69.8 Å². The Balaban J connectivity index is 1.98. The number of esters is 1. The molecule has 4 rings (SSSR count). The van der Waals surface area contributed by atoms with E-state index in [0.717, 1.165) is 10.1 Å². The molecule has 0 amide bonds. The fraction of sp³-hybridized carbons (Fsp3) is 0.348. The molecular weight excluding hydrogens is 491 g/mol. The molecule has 2 atom stereocenters. The molecule has 1 aliphatic heterocycles. The lowest BCUT2D eigenvalue weighted by Gasteiger charge is -2.24. The molecule has 0 spiro atoms. The van der Waals surface area contributed by atoms with Crippen molar-refractivity contribution in [3.63, 3.8) is 0 Å².